The standard InChI is InChI=1S/C23H18N2O7S2/c1-13-2-4-14(5-3-13)6-7-16-8-9-20(33-16)34(30,31)25-22(23(28)29)32-19-12-24-21-17(19)10-15(26)11-18(21)27/h2-5,8-12,22,24-27H,1H3,(H,28,29). The van der Waals surface area contributed by atoms with E-state index in [4.69, 9.17) is 4.74 Å². The van der Waals surface area contributed by atoms with E-state index in [1.807, 2.05) is 35.9 Å². The van der Waals surface area contributed by atoms with E-state index in [0.717, 1.165) is 28.5 Å². The molecule has 11 heteroatoms. The third-order valence-electron chi connectivity index (χ3n) is 4.67. The van der Waals surface area contributed by atoms with E-state index < -0.39 is 22.2 Å². The molecular formula is C23H18N2O7S2. The second kappa shape index (κ2) is 9.11. The zero-order chi connectivity index (χ0) is 24.5. The van der Waals surface area contributed by atoms with Gasteiger partial charge < -0.3 is 25.0 Å². The minimum atomic E-state index is -4.26. The lowest BCUT2D eigenvalue weighted by molar-refractivity contribution is -0.145. The summed E-state index contributed by atoms with van der Waals surface area (Å²) in [6.07, 6.45) is -0.726. The van der Waals surface area contributed by atoms with E-state index in [0.29, 0.717) is 4.88 Å². The van der Waals surface area contributed by atoms with Gasteiger partial charge in [-0.05, 0) is 37.3 Å². The van der Waals surface area contributed by atoms with Crippen molar-refractivity contribution in [3.05, 3.63) is 70.7 Å². The molecular weight excluding hydrogens is 480 g/mol. The molecule has 1 unspecified atom stereocenters. The summed E-state index contributed by atoms with van der Waals surface area (Å²) < 4.78 is 32.8. The van der Waals surface area contributed by atoms with Crippen LogP contribution in [0, 0.1) is 18.8 Å². The van der Waals surface area contributed by atoms with Crippen LogP contribution >= 0.6 is 11.3 Å². The second-order valence-corrected chi connectivity index (χ2v) is 10.3. The molecule has 0 spiro atoms. The number of rotatable bonds is 6. The van der Waals surface area contributed by atoms with Gasteiger partial charge in [0.05, 0.1) is 10.4 Å². The van der Waals surface area contributed by atoms with Crippen molar-refractivity contribution in [3.63, 3.8) is 0 Å². The number of aliphatic carboxylic acids is 1. The van der Waals surface area contributed by atoms with Crippen molar-refractivity contribution in [3.8, 4) is 29.1 Å². The highest BCUT2D eigenvalue weighted by atomic mass is 32.2. The van der Waals surface area contributed by atoms with Crippen molar-refractivity contribution in [2.45, 2.75) is 17.4 Å². The zero-order valence-electron chi connectivity index (χ0n) is 17.6. The van der Waals surface area contributed by atoms with Gasteiger partial charge in [0.1, 0.15) is 21.5 Å². The molecule has 0 radical (unpaired) electrons. The van der Waals surface area contributed by atoms with Gasteiger partial charge in [0.25, 0.3) is 16.3 Å². The van der Waals surface area contributed by atoms with Crippen molar-refractivity contribution in [1.29, 1.82) is 0 Å². The lowest BCUT2D eigenvalue weighted by atomic mass is 10.1. The first-order chi connectivity index (χ1) is 16.1. The van der Waals surface area contributed by atoms with Crippen LogP contribution in [-0.4, -0.2) is 40.9 Å². The van der Waals surface area contributed by atoms with Gasteiger partial charge in [0.15, 0.2) is 0 Å². The SMILES string of the molecule is Cc1ccc(C#Cc2ccc(S(=O)(=O)NC(Oc3c[nH]c4c(O)cc(O)cc34)C(=O)O)s2)cc1. The van der Waals surface area contributed by atoms with Gasteiger partial charge in [0.2, 0.25) is 0 Å². The predicted octanol–water partition coefficient (Wildman–Crippen LogP) is 3.12. The van der Waals surface area contributed by atoms with Crippen molar-refractivity contribution in [2.24, 2.45) is 0 Å². The lowest BCUT2D eigenvalue weighted by Gasteiger charge is -2.15. The van der Waals surface area contributed by atoms with Gasteiger partial charge in [-0.1, -0.05) is 29.5 Å². The first-order valence-corrected chi connectivity index (χ1v) is 12.1. The Bertz CT molecular complexity index is 1540. The third-order valence-corrected chi connectivity index (χ3v) is 7.57. The molecule has 0 bridgehead atoms. The fraction of sp³-hybridized carbons (Fsp3) is 0.0870. The van der Waals surface area contributed by atoms with E-state index in [2.05, 4.69) is 16.8 Å². The number of carboxylic acid groups (broad SMARTS) is 1. The highest BCUT2D eigenvalue weighted by Crippen LogP contribution is 2.35. The van der Waals surface area contributed by atoms with Crippen LogP contribution < -0.4 is 9.46 Å². The molecule has 9 nitrogen and oxygen atoms in total. The maximum Gasteiger partial charge on any atom is 0.361 e. The molecule has 4 rings (SSSR count). The highest BCUT2D eigenvalue weighted by molar-refractivity contribution is 7.91. The number of phenols is 2. The molecule has 0 aliphatic heterocycles. The Kier molecular flexibility index (Phi) is 6.21. The number of carboxylic acids is 1. The largest absolute Gasteiger partial charge is 0.508 e. The number of H-pyrrole nitrogens is 1. The number of phenolic OH excluding ortho intramolecular Hbond substituents is 2. The Morgan fingerprint density at radius 3 is 2.56 bits per heavy atom. The van der Waals surface area contributed by atoms with E-state index in [1.54, 1.807) is 0 Å². The number of aromatic nitrogens is 1. The number of aromatic hydroxyl groups is 2. The molecule has 2 aromatic carbocycles. The maximum absolute atomic E-state index is 12.8. The molecule has 1 atom stereocenters. The van der Waals surface area contributed by atoms with Crippen molar-refractivity contribution < 1.29 is 33.3 Å². The molecule has 5 N–H and O–H groups in total. The summed E-state index contributed by atoms with van der Waals surface area (Å²) >= 11 is 0.886. The third kappa shape index (κ3) is 4.99. The molecule has 0 saturated carbocycles. The quantitative estimate of drug-likeness (QED) is 0.203. The number of hydrogen-bond acceptors (Lipinski definition) is 7. The Balaban J connectivity index is 1.54. The van der Waals surface area contributed by atoms with E-state index in [-0.39, 0.29) is 32.4 Å². The summed E-state index contributed by atoms with van der Waals surface area (Å²) in [6, 6.07) is 12.7. The molecule has 0 aliphatic rings. The second-order valence-electron chi connectivity index (χ2n) is 7.23. The number of aromatic amines is 1. The van der Waals surface area contributed by atoms with Crippen LogP contribution in [0.15, 0.2) is 58.9 Å². The molecule has 0 amide bonds. The van der Waals surface area contributed by atoms with Gasteiger partial charge in [0, 0.05) is 23.2 Å². The van der Waals surface area contributed by atoms with Crippen LogP contribution in [0.1, 0.15) is 16.0 Å². The topological polar surface area (TPSA) is 149 Å². The first kappa shape index (κ1) is 23.2. The summed E-state index contributed by atoms with van der Waals surface area (Å²) in [5, 5.41) is 29.3. The summed E-state index contributed by atoms with van der Waals surface area (Å²) in [7, 11) is -4.26. The van der Waals surface area contributed by atoms with Crippen LogP contribution in [0.4, 0.5) is 0 Å². The predicted molar refractivity (Wildman–Crippen MR) is 125 cm³/mol. The number of fused-ring (bicyclic) bond motifs is 1. The van der Waals surface area contributed by atoms with Crippen molar-refractivity contribution in [1.82, 2.24) is 9.71 Å². The summed E-state index contributed by atoms with van der Waals surface area (Å²) in [6.45, 7) is 1.96. The van der Waals surface area contributed by atoms with Gasteiger partial charge in [-0.25, -0.2) is 13.2 Å². The van der Waals surface area contributed by atoms with Gasteiger partial charge in [-0.15, -0.1) is 11.3 Å². The summed E-state index contributed by atoms with van der Waals surface area (Å²) in [5.41, 5.74) is 2.06. The minimum absolute atomic E-state index is 0.0767. The average molecular weight is 499 g/mol. The van der Waals surface area contributed by atoms with E-state index in [1.165, 1.54) is 24.4 Å². The number of sulfonamides is 1. The zero-order valence-corrected chi connectivity index (χ0v) is 19.2. The highest BCUT2D eigenvalue weighted by Gasteiger charge is 2.29. The van der Waals surface area contributed by atoms with Gasteiger partial charge in [-0.3, -0.25) is 0 Å². The molecule has 2 aromatic heterocycles. The first-order valence-electron chi connectivity index (χ1n) is 9.76. The van der Waals surface area contributed by atoms with Crippen LogP contribution in [0.3, 0.4) is 0 Å². The Morgan fingerprint density at radius 1 is 1.12 bits per heavy atom. The Labute approximate surface area is 198 Å². The lowest BCUT2D eigenvalue weighted by Crippen LogP contribution is -2.44. The van der Waals surface area contributed by atoms with Gasteiger partial charge in [-0.2, -0.15) is 4.72 Å². The van der Waals surface area contributed by atoms with Crippen LogP contribution in [0.5, 0.6) is 17.2 Å². The summed E-state index contributed by atoms with van der Waals surface area (Å²) in [4.78, 5) is 14.9. The molecule has 0 saturated heterocycles. The van der Waals surface area contributed by atoms with Crippen LogP contribution in [0.25, 0.3) is 10.9 Å². The molecule has 0 fully saturated rings. The number of aryl methyl sites for hydroxylation is 1. The van der Waals surface area contributed by atoms with E-state index >= 15 is 0 Å². The number of ether oxygens (including phenoxy) is 1. The van der Waals surface area contributed by atoms with Crippen LogP contribution in [0.2, 0.25) is 0 Å². The molecule has 2 heterocycles. The fourth-order valence-electron chi connectivity index (χ4n) is 3.02. The molecule has 4 aromatic rings. The van der Waals surface area contributed by atoms with E-state index in [9.17, 15) is 28.5 Å². The molecule has 174 valence electrons. The number of benzene rings is 2. The monoisotopic (exact) mass is 498 g/mol. The number of nitrogens with one attached hydrogen (secondary N) is 2. The number of thiophene rings is 1. The van der Waals surface area contributed by atoms with Crippen molar-refractivity contribution in [2.75, 3.05) is 0 Å². The normalized spacial score (nSPS) is 12.1. The smallest absolute Gasteiger partial charge is 0.361 e. The molecule has 0 aliphatic carbocycles. The molecule has 34 heavy (non-hydrogen) atoms. The van der Waals surface area contributed by atoms with Gasteiger partial charge >= 0.3 is 5.97 Å². The minimum Gasteiger partial charge on any atom is -0.508 e. The van der Waals surface area contributed by atoms with Crippen molar-refractivity contribution >= 4 is 38.2 Å². The Hall–Kier alpha value is -3.98. The average Bonchev–Trinajstić information content (AvgIpc) is 3.41. The Morgan fingerprint density at radius 2 is 1.85 bits per heavy atom. The fourth-order valence-corrected chi connectivity index (χ4v) is 5.26. The maximum atomic E-state index is 12.8. The van der Waals surface area contributed by atoms with Crippen LogP contribution in [-0.2, 0) is 14.8 Å². The number of carbonyl (C=O) groups is 1. The number of hydrogen-bond donors (Lipinski definition) is 5. The summed E-state index contributed by atoms with van der Waals surface area (Å²) in [5.74, 6) is 3.62.